The van der Waals surface area contributed by atoms with E-state index in [1.807, 2.05) is 0 Å². The minimum atomic E-state index is -3.81. The van der Waals surface area contributed by atoms with E-state index >= 15 is 0 Å². The maximum absolute atomic E-state index is 12.6. The van der Waals surface area contributed by atoms with Crippen LogP contribution < -0.4 is 10.0 Å². The molecule has 5 nitrogen and oxygen atoms in total. The fourth-order valence-corrected chi connectivity index (χ4v) is 4.71. The summed E-state index contributed by atoms with van der Waals surface area (Å²) in [6, 6.07) is 12.8. The normalized spacial score (nSPS) is 14.9. The van der Waals surface area contributed by atoms with Gasteiger partial charge in [0.25, 0.3) is 10.0 Å². The van der Waals surface area contributed by atoms with Gasteiger partial charge in [0.15, 0.2) is 0 Å². The van der Waals surface area contributed by atoms with Crippen molar-refractivity contribution in [1.82, 2.24) is 0 Å². The molecule has 0 aromatic heterocycles. The number of benzene rings is 2. The SMILES string of the molecule is O=C(CCC1CCCC1)Nc1cccc(S(=O)(=O)Nc2ccccc2Cl)c1. The first-order valence-corrected chi connectivity index (χ1v) is 11.0. The van der Waals surface area contributed by atoms with Crippen LogP contribution in [0.25, 0.3) is 0 Å². The highest BCUT2D eigenvalue weighted by molar-refractivity contribution is 7.92. The first kappa shape index (κ1) is 19.7. The van der Waals surface area contributed by atoms with Crippen molar-refractivity contribution in [3.63, 3.8) is 0 Å². The molecule has 2 aromatic carbocycles. The molecule has 144 valence electrons. The Kier molecular flexibility index (Phi) is 6.39. The van der Waals surface area contributed by atoms with Gasteiger partial charge in [0.1, 0.15) is 0 Å². The minimum absolute atomic E-state index is 0.0658. The standard InChI is InChI=1S/C20H23ClN2O3S/c21-18-10-3-4-11-19(18)23-27(25,26)17-9-5-8-16(14-17)22-20(24)13-12-15-6-1-2-7-15/h3-5,8-11,14-15,23H,1-2,6-7,12-13H2,(H,22,24). The van der Waals surface area contributed by atoms with Crippen LogP contribution in [0.5, 0.6) is 0 Å². The summed E-state index contributed by atoms with van der Waals surface area (Å²) >= 11 is 6.02. The Bertz CT molecular complexity index is 909. The number of halogens is 1. The molecular weight excluding hydrogens is 384 g/mol. The molecule has 0 bridgehead atoms. The molecule has 1 fully saturated rings. The number of para-hydroxylation sites is 1. The largest absolute Gasteiger partial charge is 0.326 e. The van der Waals surface area contributed by atoms with Gasteiger partial charge in [-0.15, -0.1) is 0 Å². The van der Waals surface area contributed by atoms with Crippen molar-refractivity contribution in [3.05, 3.63) is 53.6 Å². The van der Waals surface area contributed by atoms with Crippen LogP contribution in [0, 0.1) is 5.92 Å². The summed E-state index contributed by atoms with van der Waals surface area (Å²) in [6.45, 7) is 0. The van der Waals surface area contributed by atoms with E-state index in [9.17, 15) is 13.2 Å². The molecule has 0 saturated heterocycles. The maximum atomic E-state index is 12.6. The number of carbonyl (C=O) groups excluding carboxylic acids is 1. The number of nitrogens with one attached hydrogen (secondary N) is 2. The molecule has 2 aromatic rings. The Balaban J connectivity index is 1.65. The van der Waals surface area contributed by atoms with Gasteiger partial charge in [-0.25, -0.2) is 8.42 Å². The molecule has 0 spiro atoms. The summed E-state index contributed by atoms with van der Waals surface area (Å²) in [5.74, 6) is 0.554. The number of anilines is 2. The van der Waals surface area contributed by atoms with E-state index in [-0.39, 0.29) is 10.8 Å². The van der Waals surface area contributed by atoms with E-state index in [0.717, 1.165) is 6.42 Å². The number of rotatable bonds is 7. The molecule has 1 aliphatic carbocycles. The van der Waals surface area contributed by atoms with Crippen LogP contribution in [-0.2, 0) is 14.8 Å². The second kappa shape index (κ2) is 8.76. The molecular formula is C20H23ClN2O3S. The summed E-state index contributed by atoms with van der Waals surface area (Å²) in [6.07, 6.45) is 6.26. The van der Waals surface area contributed by atoms with Crippen LogP contribution in [0.1, 0.15) is 38.5 Å². The van der Waals surface area contributed by atoms with Crippen molar-refractivity contribution in [3.8, 4) is 0 Å². The Morgan fingerprint density at radius 3 is 2.56 bits per heavy atom. The first-order valence-electron chi connectivity index (χ1n) is 9.11. The highest BCUT2D eigenvalue weighted by atomic mass is 35.5. The quantitative estimate of drug-likeness (QED) is 0.675. The van der Waals surface area contributed by atoms with Crippen LogP contribution in [0.3, 0.4) is 0 Å². The molecule has 0 radical (unpaired) electrons. The highest BCUT2D eigenvalue weighted by Gasteiger charge is 2.18. The Morgan fingerprint density at radius 1 is 1.07 bits per heavy atom. The lowest BCUT2D eigenvalue weighted by molar-refractivity contribution is -0.116. The smallest absolute Gasteiger partial charge is 0.262 e. The fraction of sp³-hybridized carbons (Fsp3) is 0.350. The van der Waals surface area contributed by atoms with E-state index < -0.39 is 10.0 Å². The van der Waals surface area contributed by atoms with E-state index in [2.05, 4.69) is 10.0 Å². The number of hydrogen-bond donors (Lipinski definition) is 2. The van der Waals surface area contributed by atoms with E-state index in [0.29, 0.717) is 28.7 Å². The van der Waals surface area contributed by atoms with Crippen molar-refractivity contribution in [2.75, 3.05) is 10.0 Å². The topological polar surface area (TPSA) is 75.3 Å². The van der Waals surface area contributed by atoms with Gasteiger partial charge in [-0.1, -0.05) is 55.5 Å². The summed E-state index contributed by atoms with van der Waals surface area (Å²) in [5.41, 5.74) is 0.777. The third-order valence-corrected chi connectivity index (χ3v) is 6.49. The molecule has 1 aliphatic rings. The van der Waals surface area contributed by atoms with Gasteiger partial charge in [0, 0.05) is 12.1 Å². The van der Waals surface area contributed by atoms with Crippen LogP contribution in [-0.4, -0.2) is 14.3 Å². The van der Waals surface area contributed by atoms with Crippen LogP contribution in [0.15, 0.2) is 53.4 Å². The van der Waals surface area contributed by atoms with Gasteiger partial charge < -0.3 is 5.32 Å². The Labute approximate surface area is 165 Å². The molecule has 1 saturated carbocycles. The molecule has 1 amide bonds. The summed E-state index contributed by atoms with van der Waals surface area (Å²) < 4.78 is 27.7. The first-order chi connectivity index (χ1) is 12.9. The van der Waals surface area contributed by atoms with Crippen molar-refractivity contribution >= 4 is 38.9 Å². The third kappa shape index (κ3) is 5.47. The number of hydrogen-bond acceptors (Lipinski definition) is 3. The average molecular weight is 407 g/mol. The predicted molar refractivity (Wildman–Crippen MR) is 109 cm³/mol. The van der Waals surface area contributed by atoms with Crippen molar-refractivity contribution in [2.24, 2.45) is 5.92 Å². The molecule has 0 heterocycles. The van der Waals surface area contributed by atoms with E-state index in [1.54, 1.807) is 36.4 Å². The van der Waals surface area contributed by atoms with Gasteiger partial charge in [-0.2, -0.15) is 0 Å². The monoisotopic (exact) mass is 406 g/mol. The van der Waals surface area contributed by atoms with Crippen molar-refractivity contribution < 1.29 is 13.2 Å². The van der Waals surface area contributed by atoms with Crippen LogP contribution in [0.4, 0.5) is 11.4 Å². The number of amides is 1. The lowest BCUT2D eigenvalue weighted by Gasteiger charge is -2.12. The second-order valence-electron chi connectivity index (χ2n) is 6.85. The average Bonchev–Trinajstić information content (AvgIpc) is 3.16. The van der Waals surface area contributed by atoms with Gasteiger partial charge >= 0.3 is 0 Å². The Morgan fingerprint density at radius 2 is 1.81 bits per heavy atom. The number of carbonyl (C=O) groups is 1. The van der Waals surface area contributed by atoms with Gasteiger partial charge in [-0.05, 0) is 42.7 Å². The predicted octanol–water partition coefficient (Wildman–Crippen LogP) is 5.05. The third-order valence-electron chi connectivity index (χ3n) is 4.80. The Hall–Kier alpha value is -2.05. The van der Waals surface area contributed by atoms with Gasteiger partial charge in [0.2, 0.25) is 5.91 Å². The maximum Gasteiger partial charge on any atom is 0.262 e. The lowest BCUT2D eigenvalue weighted by atomic mass is 10.0. The summed E-state index contributed by atoms with van der Waals surface area (Å²) in [5, 5.41) is 3.11. The van der Waals surface area contributed by atoms with E-state index in [4.69, 9.17) is 11.6 Å². The second-order valence-corrected chi connectivity index (χ2v) is 8.94. The van der Waals surface area contributed by atoms with Crippen molar-refractivity contribution in [1.29, 1.82) is 0 Å². The zero-order valence-corrected chi connectivity index (χ0v) is 16.5. The molecule has 0 aliphatic heterocycles. The molecule has 2 N–H and O–H groups in total. The minimum Gasteiger partial charge on any atom is -0.326 e. The molecule has 7 heteroatoms. The van der Waals surface area contributed by atoms with Crippen molar-refractivity contribution in [2.45, 2.75) is 43.4 Å². The van der Waals surface area contributed by atoms with Gasteiger partial charge in [0.05, 0.1) is 15.6 Å². The number of sulfonamides is 1. The molecule has 0 unspecified atom stereocenters. The van der Waals surface area contributed by atoms with Crippen LogP contribution in [0.2, 0.25) is 5.02 Å². The zero-order chi connectivity index (χ0) is 19.3. The fourth-order valence-electron chi connectivity index (χ4n) is 3.35. The molecule has 3 rings (SSSR count). The van der Waals surface area contributed by atoms with Crippen LogP contribution >= 0.6 is 11.6 Å². The molecule has 0 atom stereocenters. The van der Waals surface area contributed by atoms with E-state index in [1.165, 1.54) is 37.8 Å². The van der Waals surface area contributed by atoms with Gasteiger partial charge in [-0.3, -0.25) is 9.52 Å². The summed E-state index contributed by atoms with van der Waals surface area (Å²) in [7, 11) is -3.81. The lowest BCUT2D eigenvalue weighted by Crippen LogP contribution is -2.15. The zero-order valence-electron chi connectivity index (χ0n) is 14.9. The highest BCUT2D eigenvalue weighted by Crippen LogP contribution is 2.29. The molecule has 27 heavy (non-hydrogen) atoms. The summed E-state index contributed by atoms with van der Waals surface area (Å²) in [4.78, 5) is 12.2.